The molecule has 1 unspecified atom stereocenters. The van der Waals surface area contributed by atoms with E-state index in [1.165, 1.54) is 7.11 Å². The van der Waals surface area contributed by atoms with Gasteiger partial charge in [0.15, 0.2) is 0 Å². The Bertz CT molecular complexity index is 1570. The van der Waals surface area contributed by atoms with Crippen molar-refractivity contribution in [3.05, 3.63) is 88.5 Å². The molecule has 8 nitrogen and oxygen atoms in total. The number of hydrogen-bond donors (Lipinski definition) is 1. The second kappa shape index (κ2) is 11.5. The number of carbonyl (C=O) groups is 3. The molecule has 3 aliphatic rings. The molecule has 0 saturated carbocycles. The van der Waals surface area contributed by atoms with Crippen LogP contribution in [0.15, 0.2) is 65.7 Å². The molecular weight excluding hydrogens is 528 g/mol. The fourth-order valence-corrected chi connectivity index (χ4v) is 6.28. The molecule has 3 aromatic carbocycles. The lowest BCUT2D eigenvalue weighted by Crippen LogP contribution is -2.35. The van der Waals surface area contributed by atoms with Gasteiger partial charge in [0.2, 0.25) is 11.8 Å². The monoisotopic (exact) mass is 564 g/mol. The number of amides is 2. The van der Waals surface area contributed by atoms with Gasteiger partial charge in [0.05, 0.1) is 24.1 Å². The van der Waals surface area contributed by atoms with E-state index in [0.717, 1.165) is 66.0 Å². The standard InChI is InChI=1S/C34H36N4O4/c1-21-4-6-23(7-5-21)32(31-27-10-8-25(34(41)42-3)20-28(27)36-33(31)40)35-26-9-11-29-24(19-26)14-17-38(29)30(39)18-22-12-15-37(2)16-13-22/h4-11,19-20,22,31H,12-18H2,1-3H3,(H,36,40). The van der Waals surface area contributed by atoms with Crippen LogP contribution in [0.5, 0.6) is 0 Å². The topological polar surface area (TPSA) is 91.3 Å². The van der Waals surface area contributed by atoms with Gasteiger partial charge in [-0.3, -0.25) is 14.6 Å². The van der Waals surface area contributed by atoms with Crippen LogP contribution in [-0.2, 0) is 20.7 Å². The molecule has 3 aliphatic heterocycles. The fraction of sp³-hybridized carbons (Fsp3) is 0.353. The van der Waals surface area contributed by atoms with E-state index in [1.54, 1.807) is 18.2 Å². The minimum absolute atomic E-state index is 0.196. The van der Waals surface area contributed by atoms with E-state index in [4.69, 9.17) is 9.73 Å². The Morgan fingerprint density at radius 2 is 1.71 bits per heavy atom. The number of likely N-dealkylation sites (tertiary alicyclic amines) is 1. The number of ether oxygens (including phenoxy) is 1. The molecule has 6 rings (SSSR count). The predicted octanol–water partition coefficient (Wildman–Crippen LogP) is 5.26. The number of carbonyl (C=O) groups excluding carboxylic acids is 3. The SMILES string of the molecule is COC(=O)c1ccc2c(c1)NC(=O)C2C(=Nc1ccc2c(c1)CCN2C(=O)CC1CCN(C)CC1)c1ccc(C)cc1. The molecule has 216 valence electrons. The molecule has 3 aromatic rings. The molecule has 0 aromatic heterocycles. The summed E-state index contributed by atoms with van der Waals surface area (Å²) in [6.45, 7) is 4.80. The third kappa shape index (κ3) is 5.46. The number of aryl methyl sites for hydroxylation is 1. The number of nitrogens with zero attached hydrogens (tertiary/aromatic N) is 3. The molecule has 3 heterocycles. The number of rotatable bonds is 6. The molecule has 0 bridgehead atoms. The van der Waals surface area contributed by atoms with Gasteiger partial charge in [-0.25, -0.2) is 4.79 Å². The molecule has 1 fully saturated rings. The highest BCUT2D eigenvalue weighted by atomic mass is 16.5. The van der Waals surface area contributed by atoms with Crippen molar-refractivity contribution in [3.63, 3.8) is 0 Å². The summed E-state index contributed by atoms with van der Waals surface area (Å²) in [4.78, 5) is 48.1. The summed E-state index contributed by atoms with van der Waals surface area (Å²) in [7, 11) is 3.47. The Morgan fingerprint density at radius 3 is 2.45 bits per heavy atom. The van der Waals surface area contributed by atoms with Crippen LogP contribution in [0.2, 0.25) is 0 Å². The van der Waals surface area contributed by atoms with Crippen molar-refractivity contribution < 1.29 is 19.1 Å². The number of methoxy groups -OCH3 is 1. The molecule has 2 amide bonds. The van der Waals surface area contributed by atoms with Crippen molar-refractivity contribution in [2.75, 3.05) is 44.0 Å². The molecule has 8 heteroatoms. The van der Waals surface area contributed by atoms with Gasteiger partial charge in [-0.1, -0.05) is 35.9 Å². The maximum atomic E-state index is 13.4. The number of nitrogens with one attached hydrogen (secondary N) is 1. The van der Waals surface area contributed by atoms with Gasteiger partial charge >= 0.3 is 5.97 Å². The average molecular weight is 565 g/mol. The zero-order valence-corrected chi connectivity index (χ0v) is 24.4. The van der Waals surface area contributed by atoms with Gasteiger partial charge in [0, 0.05) is 24.3 Å². The summed E-state index contributed by atoms with van der Waals surface area (Å²) < 4.78 is 4.86. The summed E-state index contributed by atoms with van der Waals surface area (Å²) in [5, 5.41) is 2.94. The van der Waals surface area contributed by atoms with Crippen molar-refractivity contribution in [1.29, 1.82) is 0 Å². The Morgan fingerprint density at radius 1 is 0.976 bits per heavy atom. The van der Waals surface area contributed by atoms with E-state index < -0.39 is 11.9 Å². The minimum Gasteiger partial charge on any atom is -0.465 e. The molecular formula is C34H36N4O4. The first-order chi connectivity index (χ1) is 20.3. The number of hydrogen-bond acceptors (Lipinski definition) is 6. The molecule has 1 N–H and O–H groups in total. The smallest absolute Gasteiger partial charge is 0.337 e. The highest BCUT2D eigenvalue weighted by molar-refractivity contribution is 6.24. The molecule has 1 atom stereocenters. The molecule has 0 radical (unpaired) electrons. The first-order valence-electron chi connectivity index (χ1n) is 14.6. The lowest BCUT2D eigenvalue weighted by Gasteiger charge is -2.29. The molecule has 0 spiro atoms. The van der Waals surface area contributed by atoms with Gasteiger partial charge in [-0.05, 0) is 99.3 Å². The number of fused-ring (bicyclic) bond motifs is 2. The van der Waals surface area contributed by atoms with Crippen LogP contribution >= 0.6 is 0 Å². The first kappa shape index (κ1) is 27.8. The van der Waals surface area contributed by atoms with Crippen LogP contribution < -0.4 is 10.2 Å². The van der Waals surface area contributed by atoms with Gasteiger partial charge < -0.3 is 19.9 Å². The second-order valence-corrected chi connectivity index (χ2v) is 11.6. The third-order valence-corrected chi connectivity index (χ3v) is 8.74. The number of piperidine rings is 1. The summed E-state index contributed by atoms with van der Waals surface area (Å²) in [5.74, 6) is -0.651. The largest absolute Gasteiger partial charge is 0.465 e. The van der Waals surface area contributed by atoms with Gasteiger partial charge in [0.1, 0.15) is 5.92 Å². The summed E-state index contributed by atoms with van der Waals surface area (Å²) >= 11 is 0. The Hall–Kier alpha value is -4.30. The quantitative estimate of drug-likeness (QED) is 0.326. The van der Waals surface area contributed by atoms with Crippen molar-refractivity contribution in [2.45, 2.75) is 38.5 Å². The highest BCUT2D eigenvalue weighted by Gasteiger charge is 2.36. The number of anilines is 2. The van der Waals surface area contributed by atoms with Crippen LogP contribution in [0, 0.1) is 12.8 Å². The average Bonchev–Trinajstić information content (AvgIpc) is 3.56. The van der Waals surface area contributed by atoms with Crippen molar-refractivity contribution in [2.24, 2.45) is 10.9 Å². The Balaban J connectivity index is 1.31. The summed E-state index contributed by atoms with van der Waals surface area (Å²) in [6, 6.07) is 19.1. The van der Waals surface area contributed by atoms with E-state index >= 15 is 0 Å². The van der Waals surface area contributed by atoms with E-state index in [1.807, 2.05) is 54.3 Å². The maximum absolute atomic E-state index is 13.4. The van der Waals surface area contributed by atoms with E-state index in [9.17, 15) is 14.4 Å². The summed E-state index contributed by atoms with van der Waals surface area (Å²) in [6.07, 6.45) is 3.51. The predicted molar refractivity (Wildman–Crippen MR) is 164 cm³/mol. The van der Waals surface area contributed by atoms with Crippen LogP contribution in [0.3, 0.4) is 0 Å². The van der Waals surface area contributed by atoms with Crippen molar-refractivity contribution in [1.82, 2.24) is 4.90 Å². The van der Waals surface area contributed by atoms with Gasteiger partial charge in [0.25, 0.3) is 0 Å². The van der Waals surface area contributed by atoms with Gasteiger partial charge in [-0.2, -0.15) is 0 Å². The van der Waals surface area contributed by atoms with Crippen LogP contribution in [0.1, 0.15) is 57.8 Å². The second-order valence-electron chi connectivity index (χ2n) is 11.6. The van der Waals surface area contributed by atoms with E-state index in [-0.39, 0.29) is 11.8 Å². The van der Waals surface area contributed by atoms with Gasteiger partial charge in [-0.15, -0.1) is 0 Å². The lowest BCUT2D eigenvalue weighted by molar-refractivity contribution is -0.119. The lowest BCUT2D eigenvalue weighted by atomic mass is 9.90. The zero-order chi connectivity index (χ0) is 29.4. The van der Waals surface area contributed by atoms with Crippen molar-refractivity contribution in [3.8, 4) is 0 Å². The summed E-state index contributed by atoms with van der Waals surface area (Å²) in [5.41, 5.74) is 7.10. The Kier molecular flexibility index (Phi) is 7.64. The van der Waals surface area contributed by atoms with Crippen LogP contribution in [0.25, 0.3) is 0 Å². The zero-order valence-electron chi connectivity index (χ0n) is 24.4. The molecule has 0 aliphatic carbocycles. The Labute approximate surface area is 246 Å². The minimum atomic E-state index is -0.643. The van der Waals surface area contributed by atoms with Crippen LogP contribution in [0.4, 0.5) is 17.1 Å². The number of benzene rings is 3. The fourth-order valence-electron chi connectivity index (χ4n) is 6.28. The highest BCUT2D eigenvalue weighted by Crippen LogP contribution is 2.38. The first-order valence-corrected chi connectivity index (χ1v) is 14.6. The van der Waals surface area contributed by atoms with Crippen LogP contribution in [-0.4, -0.2) is 62.2 Å². The normalized spacial score (nSPS) is 18.9. The maximum Gasteiger partial charge on any atom is 0.337 e. The van der Waals surface area contributed by atoms with E-state index in [2.05, 4.69) is 17.3 Å². The number of esters is 1. The number of aliphatic imine (C=N–C) groups is 1. The van der Waals surface area contributed by atoms with Crippen molar-refractivity contribution >= 4 is 40.6 Å². The molecule has 1 saturated heterocycles. The third-order valence-electron chi connectivity index (χ3n) is 8.74. The van der Waals surface area contributed by atoms with E-state index in [0.29, 0.717) is 35.8 Å². The molecule has 42 heavy (non-hydrogen) atoms.